The van der Waals surface area contributed by atoms with E-state index in [4.69, 9.17) is 5.41 Å². The molecule has 0 saturated carbocycles. The SMILES string of the molecule is CCCN(C/C(F)=C\C(CC(F)CC)=NC(=N)SC)C(C)=NCC. The molecule has 1 atom stereocenters. The molecule has 0 bridgehead atoms. The number of thioether (sulfide) groups is 1. The second-order valence-electron chi connectivity index (χ2n) is 5.36. The zero-order valence-corrected chi connectivity index (χ0v) is 16.2. The molecule has 0 aromatic carbocycles. The average molecular weight is 361 g/mol. The molecule has 1 unspecified atom stereocenters. The Morgan fingerprint density at radius 3 is 2.50 bits per heavy atom. The molecule has 0 aliphatic heterocycles. The van der Waals surface area contributed by atoms with E-state index in [-0.39, 0.29) is 23.8 Å². The fourth-order valence-corrected chi connectivity index (χ4v) is 2.26. The number of rotatable bonds is 9. The predicted octanol–water partition coefficient (Wildman–Crippen LogP) is 4.87. The van der Waals surface area contributed by atoms with Crippen molar-refractivity contribution in [3.05, 3.63) is 11.9 Å². The summed E-state index contributed by atoms with van der Waals surface area (Å²) in [6.07, 6.45) is 3.12. The van der Waals surface area contributed by atoms with Crippen LogP contribution in [0, 0.1) is 5.41 Å². The summed E-state index contributed by atoms with van der Waals surface area (Å²) in [6.45, 7) is 8.98. The van der Waals surface area contributed by atoms with E-state index in [0.29, 0.717) is 19.5 Å². The van der Waals surface area contributed by atoms with Gasteiger partial charge in [0.2, 0.25) is 0 Å². The summed E-state index contributed by atoms with van der Waals surface area (Å²) in [5.74, 6) is 0.389. The van der Waals surface area contributed by atoms with Crippen LogP contribution in [0.3, 0.4) is 0 Å². The highest BCUT2D eigenvalue weighted by atomic mass is 32.2. The highest BCUT2D eigenvalue weighted by molar-refractivity contribution is 8.13. The lowest BCUT2D eigenvalue weighted by Crippen LogP contribution is -2.31. The normalized spacial score (nSPS) is 14.7. The standard InChI is InChI=1S/C17H30F2N4S/c1-6-9-23(13(4)21-8-3)12-15(19)11-16(10-14(18)7-2)22-17(20)24-5/h11,14,20H,6-10,12H2,1-5H3/b15-11+,20-17?,21-13?,22-16?. The molecule has 0 heterocycles. The molecule has 0 amide bonds. The molecule has 0 rings (SSSR count). The van der Waals surface area contributed by atoms with Crippen molar-refractivity contribution >= 4 is 28.5 Å². The van der Waals surface area contributed by atoms with Crippen LogP contribution in [0.5, 0.6) is 0 Å². The maximum absolute atomic E-state index is 14.4. The summed E-state index contributed by atoms with van der Waals surface area (Å²) in [5.41, 5.74) is 0.266. The number of nitrogens with one attached hydrogen (secondary N) is 1. The van der Waals surface area contributed by atoms with Crippen LogP contribution in [-0.2, 0) is 0 Å². The number of nitrogens with zero attached hydrogens (tertiary/aromatic N) is 3. The minimum absolute atomic E-state index is 0.0165. The third-order valence-electron chi connectivity index (χ3n) is 3.32. The second-order valence-corrected chi connectivity index (χ2v) is 6.15. The third kappa shape index (κ3) is 9.80. The monoisotopic (exact) mass is 360 g/mol. The van der Waals surface area contributed by atoms with Crippen LogP contribution >= 0.6 is 11.8 Å². The highest BCUT2D eigenvalue weighted by Crippen LogP contribution is 2.11. The van der Waals surface area contributed by atoms with E-state index < -0.39 is 12.0 Å². The van der Waals surface area contributed by atoms with Gasteiger partial charge in [-0.15, -0.1) is 0 Å². The molecule has 24 heavy (non-hydrogen) atoms. The van der Waals surface area contributed by atoms with E-state index in [2.05, 4.69) is 9.98 Å². The van der Waals surface area contributed by atoms with Crippen molar-refractivity contribution in [2.24, 2.45) is 9.98 Å². The van der Waals surface area contributed by atoms with E-state index in [1.54, 1.807) is 13.2 Å². The largest absolute Gasteiger partial charge is 0.354 e. The lowest BCUT2D eigenvalue weighted by atomic mass is 10.1. The molecule has 0 saturated heterocycles. The van der Waals surface area contributed by atoms with Crippen LogP contribution in [0.2, 0.25) is 0 Å². The Morgan fingerprint density at radius 2 is 2.00 bits per heavy atom. The molecular formula is C17H30F2N4S. The number of hydrogen-bond acceptors (Lipinski definition) is 3. The van der Waals surface area contributed by atoms with Gasteiger partial charge in [-0.25, -0.2) is 13.8 Å². The van der Waals surface area contributed by atoms with Gasteiger partial charge >= 0.3 is 0 Å². The first kappa shape index (κ1) is 22.8. The molecule has 0 radical (unpaired) electrons. The summed E-state index contributed by atoms with van der Waals surface area (Å²) >= 11 is 1.14. The minimum Gasteiger partial charge on any atom is -0.354 e. The first-order valence-corrected chi connectivity index (χ1v) is 9.56. The van der Waals surface area contributed by atoms with Gasteiger partial charge in [0, 0.05) is 25.2 Å². The van der Waals surface area contributed by atoms with Gasteiger partial charge in [0.1, 0.15) is 12.0 Å². The summed E-state index contributed by atoms with van der Waals surface area (Å²) in [4.78, 5) is 10.2. The van der Waals surface area contributed by atoms with Crippen molar-refractivity contribution in [1.82, 2.24) is 4.90 Å². The Labute approximate surface area is 149 Å². The molecule has 7 heteroatoms. The van der Waals surface area contributed by atoms with Crippen LogP contribution in [0.1, 0.15) is 47.0 Å². The van der Waals surface area contributed by atoms with Gasteiger partial charge in [0.05, 0.1) is 12.4 Å². The zero-order chi connectivity index (χ0) is 18.5. The highest BCUT2D eigenvalue weighted by Gasteiger charge is 2.12. The molecule has 0 aliphatic carbocycles. The Kier molecular flexibility index (Phi) is 12.4. The Bertz CT molecular complexity index is 475. The Balaban J connectivity index is 5.25. The van der Waals surface area contributed by atoms with Crippen molar-refractivity contribution in [3.8, 4) is 0 Å². The molecule has 0 aliphatic rings. The molecule has 138 valence electrons. The molecular weight excluding hydrogens is 330 g/mol. The van der Waals surface area contributed by atoms with E-state index >= 15 is 0 Å². The number of amidine groups is 2. The van der Waals surface area contributed by atoms with Crippen molar-refractivity contribution in [2.45, 2.75) is 53.1 Å². The third-order valence-corrected chi connectivity index (χ3v) is 3.79. The van der Waals surface area contributed by atoms with Crippen LogP contribution in [0.25, 0.3) is 0 Å². The number of hydrogen-bond donors (Lipinski definition) is 1. The Morgan fingerprint density at radius 1 is 1.33 bits per heavy atom. The molecule has 1 N–H and O–H groups in total. The first-order valence-electron chi connectivity index (χ1n) is 8.33. The van der Waals surface area contributed by atoms with E-state index in [1.807, 2.05) is 25.7 Å². The average Bonchev–Trinajstić information content (AvgIpc) is 2.54. The van der Waals surface area contributed by atoms with Crippen LogP contribution < -0.4 is 0 Å². The summed E-state index contributed by atoms with van der Waals surface area (Å²) in [7, 11) is 0. The van der Waals surface area contributed by atoms with Crippen molar-refractivity contribution in [3.63, 3.8) is 0 Å². The van der Waals surface area contributed by atoms with Crippen molar-refractivity contribution in [1.29, 1.82) is 5.41 Å². The number of alkyl halides is 1. The number of aliphatic imine (C=N–C) groups is 2. The lowest BCUT2D eigenvalue weighted by molar-refractivity contribution is 0.335. The topological polar surface area (TPSA) is 51.8 Å². The summed E-state index contributed by atoms with van der Waals surface area (Å²) in [5, 5.41) is 7.66. The maximum Gasteiger partial charge on any atom is 0.180 e. The maximum atomic E-state index is 14.4. The lowest BCUT2D eigenvalue weighted by Gasteiger charge is -2.23. The van der Waals surface area contributed by atoms with Crippen LogP contribution in [0.4, 0.5) is 8.78 Å². The van der Waals surface area contributed by atoms with Gasteiger partial charge < -0.3 is 4.90 Å². The van der Waals surface area contributed by atoms with Gasteiger partial charge in [0.25, 0.3) is 0 Å². The summed E-state index contributed by atoms with van der Waals surface area (Å²) < 4.78 is 28.1. The smallest absolute Gasteiger partial charge is 0.180 e. The molecule has 0 spiro atoms. The minimum atomic E-state index is -1.09. The van der Waals surface area contributed by atoms with Crippen LogP contribution in [-0.4, -0.2) is 53.7 Å². The molecule has 0 aromatic rings. The molecule has 0 aromatic heterocycles. The first-order chi connectivity index (χ1) is 11.4. The number of allylic oxidation sites excluding steroid dienone is 1. The van der Waals surface area contributed by atoms with Gasteiger partial charge in [-0.05, 0) is 39.0 Å². The fraction of sp³-hybridized carbons (Fsp3) is 0.706. The van der Waals surface area contributed by atoms with Crippen LogP contribution in [0.15, 0.2) is 21.9 Å². The van der Waals surface area contributed by atoms with Gasteiger partial charge in [0.15, 0.2) is 5.17 Å². The Hall–Kier alpha value is -1.24. The quantitative estimate of drug-likeness (QED) is 0.471. The molecule has 4 nitrogen and oxygen atoms in total. The second kappa shape index (κ2) is 13.1. The van der Waals surface area contributed by atoms with E-state index in [0.717, 1.165) is 24.0 Å². The van der Waals surface area contributed by atoms with E-state index in [9.17, 15) is 8.78 Å². The van der Waals surface area contributed by atoms with E-state index in [1.165, 1.54) is 6.08 Å². The van der Waals surface area contributed by atoms with Crippen molar-refractivity contribution < 1.29 is 8.78 Å². The van der Waals surface area contributed by atoms with Gasteiger partial charge in [-0.2, -0.15) is 0 Å². The summed E-state index contributed by atoms with van der Waals surface area (Å²) in [6, 6.07) is 0. The zero-order valence-electron chi connectivity index (χ0n) is 15.4. The van der Waals surface area contributed by atoms with Gasteiger partial charge in [-0.1, -0.05) is 25.6 Å². The predicted molar refractivity (Wildman–Crippen MR) is 103 cm³/mol. The van der Waals surface area contributed by atoms with Crippen molar-refractivity contribution in [2.75, 3.05) is 25.9 Å². The number of halogens is 2. The van der Waals surface area contributed by atoms with Gasteiger partial charge in [-0.3, -0.25) is 10.4 Å². The fourth-order valence-electron chi connectivity index (χ4n) is 2.05. The molecule has 0 fully saturated rings.